The van der Waals surface area contributed by atoms with Crippen molar-refractivity contribution in [1.29, 1.82) is 0 Å². The first-order chi connectivity index (χ1) is 10.7. The molecular weight excluding hydrogens is 296 g/mol. The standard InChI is InChI=1S/C19H21ClO2/c20-17-16(12-6-9-13-7-2-1-3-8-13)18(21)14-10-4-5-11-15(14)19(17)22/h4-6,10-13,21-22H,1-3,7-9H2/b12-6+. The van der Waals surface area contributed by atoms with Crippen molar-refractivity contribution in [2.75, 3.05) is 0 Å². The average molecular weight is 317 g/mol. The van der Waals surface area contributed by atoms with Crippen LogP contribution < -0.4 is 0 Å². The van der Waals surface area contributed by atoms with Crippen LogP contribution in [-0.2, 0) is 0 Å². The van der Waals surface area contributed by atoms with Crippen LogP contribution in [0.15, 0.2) is 30.3 Å². The van der Waals surface area contributed by atoms with Crippen molar-refractivity contribution in [3.8, 4) is 11.5 Å². The highest BCUT2D eigenvalue weighted by molar-refractivity contribution is 6.35. The Morgan fingerprint density at radius 3 is 2.32 bits per heavy atom. The average Bonchev–Trinajstić information content (AvgIpc) is 2.57. The summed E-state index contributed by atoms with van der Waals surface area (Å²) in [7, 11) is 0. The molecule has 3 rings (SSSR count). The molecule has 1 saturated carbocycles. The molecule has 116 valence electrons. The first-order valence-electron chi connectivity index (χ1n) is 7.97. The third kappa shape index (κ3) is 2.93. The van der Waals surface area contributed by atoms with Gasteiger partial charge in [-0.05, 0) is 12.3 Å². The van der Waals surface area contributed by atoms with Crippen molar-refractivity contribution in [3.63, 3.8) is 0 Å². The second kappa shape index (κ2) is 6.62. The molecule has 3 heteroatoms. The molecule has 0 bridgehead atoms. The Hall–Kier alpha value is -1.67. The van der Waals surface area contributed by atoms with Crippen molar-refractivity contribution in [2.45, 2.75) is 38.5 Å². The predicted molar refractivity (Wildman–Crippen MR) is 92.5 cm³/mol. The number of fused-ring (bicyclic) bond motifs is 1. The van der Waals surface area contributed by atoms with E-state index in [1.165, 1.54) is 32.1 Å². The Bertz CT molecular complexity index is 700. The summed E-state index contributed by atoms with van der Waals surface area (Å²) in [6, 6.07) is 7.20. The van der Waals surface area contributed by atoms with Crippen molar-refractivity contribution >= 4 is 28.4 Å². The quantitative estimate of drug-likeness (QED) is 0.693. The number of allylic oxidation sites excluding steroid dienone is 1. The van der Waals surface area contributed by atoms with Crippen molar-refractivity contribution < 1.29 is 10.2 Å². The number of hydrogen-bond donors (Lipinski definition) is 2. The third-order valence-electron chi connectivity index (χ3n) is 4.62. The first kappa shape index (κ1) is 15.2. The summed E-state index contributed by atoms with van der Waals surface area (Å²) in [5.74, 6) is 0.908. The number of aromatic hydroxyl groups is 2. The summed E-state index contributed by atoms with van der Waals surface area (Å²) in [5.41, 5.74) is 0.508. The van der Waals surface area contributed by atoms with Crippen LogP contribution in [0.1, 0.15) is 44.1 Å². The van der Waals surface area contributed by atoms with Crippen molar-refractivity contribution in [2.24, 2.45) is 5.92 Å². The highest BCUT2D eigenvalue weighted by Gasteiger charge is 2.16. The molecule has 0 amide bonds. The fourth-order valence-electron chi connectivity index (χ4n) is 3.34. The lowest BCUT2D eigenvalue weighted by Gasteiger charge is -2.19. The maximum Gasteiger partial charge on any atom is 0.142 e. The van der Waals surface area contributed by atoms with E-state index in [4.69, 9.17) is 11.6 Å². The lowest BCUT2D eigenvalue weighted by atomic mass is 9.87. The monoisotopic (exact) mass is 316 g/mol. The van der Waals surface area contributed by atoms with Gasteiger partial charge in [-0.25, -0.2) is 0 Å². The number of benzene rings is 2. The number of hydrogen-bond acceptors (Lipinski definition) is 2. The van der Waals surface area contributed by atoms with Gasteiger partial charge in [0.15, 0.2) is 0 Å². The van der Waals surface area contributed by atoms with Crippen molar-refractivity contribution in [3.05, 3.63) is 40.9 Å². The minimum Gasteiger partial charge on any atom is -0.507 e. The zero-order valence-electron chi connectivity index (χ0n) is 12.6. The lowest BCUT2D eigenvalue weighted by molar-refractivity contribution is 0.362. The van der Waals surface area contributed by atoms with Crippen LogP contribution in [0.4, 0.5) is 0 Å². The predicted octanol–water partition coefficient (Wildman–Crippen LogP) is 5.89. The molecule has 0 atom stereocenters. The maximum absolute atomic E-state index is 10.4. The molecule has 22 heavy (non-hydrogen) atoms. The molecule has 2 aromatic rings. The Morgan fingerprint density at radius 1 is 1.00 bits per heavy atom. The van der Waals surface area contributed by atoms with Gasteiger partial charge in [-0.15, -0.1) is 0 Å². The highest BCUT2D eigenvalue weighted by atomic mass is 35.5. The van der Waals surface area contributed by atoms with E-state index in [0.29, 0.717) is 16.3 Å². The van der Waals surface area contributed by atoms with E-state index in [-0.39, 0.29) is 16.5 Å². The highest BCUT2D eigenvalue weighted by Crippen LogP contribution is 2.43. The summed E-state index contributed by atoms with van der Waals surface area (Å²) in [6.07, 6.45) is 11.5. The number of phenolic OH excluding ortho intramolecular Hbond substituents is 2. The normalized spacial score (nSPS) is 16.6. The molecule has 2 aromatic carbocycles. The first-order valence-corrected chi connectivity index (χ1v) is 8.35. The summed E-state index contributed by atoms with van der Waals surface area (Å²) < 4.78 is 0. The van der Waals surface area contributed by atoms with E-state index in [0.717, 1.165) is 12.3 Å². The lowest BCUT2D eigenvalue weighted by Crippen LogP contribution is -2.04. The Morgan fingerprint density at radius 2 is 1.64 bits per heavy atom. The number of halogens is 1. The van der Waals surface area contributed by atoms with E-state index in [1.54, 1.807) is 12.1 Å². The molecule has 0 saturated heterocycles. The van der Waals surface area contributed by atoms with E-state index in [2.05, 4.69) is 6.08 Å². The van der Waals surface area contributed by atoms with E-state index < -0.39 is 0 Å². The van der Waals surface area contributed by atoms with Gasteiger partial charge >= 0.3 is 0 Å². The zero-order valence-corrected chi connectivity index (χ0v) is 13.3. The molecule has 1 aliphatic rings. The number of phenols is 2. The summed E-state index contributed by atoms with van der Waals surface area (Å²) in [5, 5.41) is 22.1. The Labute approximate surface area is 136 Å². The van der Waals surface area contributed by atoms with E-state index in [1.807, 2.05) is 18.2 Å². The van der Waals surface area contributed by atoms with Gasteiger partial charge in [0.2, 0.25) is 0 Å². The van der Waals surface area contributed by atoms with E-state index >= 15 is 0 Å². The van der Waals surface area contributed by atoms with E-state index in [9.17, 15) is 10.2 Å². The van der Waals surface area contributed by atoms with Crippen LogP contribution in [0.2, 0.25) is 5.02 Å². The summed E-state index contributed by atoms with van der Waals surface area (Å²) in [6.45, 7) is 0. The van der Waals surface area contributed by atoms with Gasteiger partial charge in [0.05, 0.1) is 5.02 Å². The molecule has 0 unspecified atom stereocenters. The topological polar surface area (TPSA) is 40.5 Å². The minimum atomic E-state index is 0.0346. The SMILES string of the molecule is Oc1c(Cl)c(/C=C/CC2CCCCC2)c(O)c2ccccc12. The molecule has 2 N–H and O–H groups in total. The van der Waals surface area contributed by atoms with Crippen LogP contribution >= 0.6 is 11.6 Å². The molecule has 0 aliphatic heterocycles. The molecule has 0 aromatic heterocycles. The van der Waals surface area contributed by atoms with Gasteiger partial charge in [-0.3, -0.25) is 0 Å². The Balaban J connectivity index is 1.89. The fourth-order valence-corrected chi connectivity index (χ4v) is 3.60. The molecule has 1 aliphatic carbocycles. The molecule has 0 spiro atoms. The van der Waals surface area contributed by atoms with Crippen LogP contribution in [0.3, 0.4) is 0 Å². The summed E-state index contributed by atoms with van der Waals surface area (Å²) in [4.78, 5) is 0. The zero-order chi connectivity index (χ0) is 15.5. The van der Waals surface area contributed by atoms with Gasteiger partial charge in [-0.1, -0.05) is 80.1 Å². The molecule has 1 fully saturated rings. The van der Waals surface area contributed by atoms with Gasteiger partial charge < -0.3 is 10.2 Å². The second-order valence-corrected chi connectivity index (χ2v) is 6.49. The minimum absolute atomic E-state index is 0.0346. The smallest absolute Gasteiger partial charge is 0.142 e. The van der Waals surface area contributed by atoms with Crippen LogP contribution in [0.25, 0.3) is 16.8 Å². The van der Waals surface area contributed by atoms with Crippen molar-refractivity contribution in [1.82, 2.24) is 0 Å². The van der Waals surface area contributed by atoms with Crippen LogP contribution in [0.5, 0.6) is 11.5 Å². The van der Waals surface area contributed by atoms with Gasteiger partial charge in [0.25, 0.3) is 0 Å². The molecular formula is C19H21ClO2. The molecule has 2 nitrogen and oxygen atoms in total. The third-order valence-corrected chi connectivity index (χ3v) is 5.00. The maximum atomic E-state index is 10.4. The fraction of sp³-hybridized carbons (Fsp3) is 0.368. The van der Waals surface area contributed by atoms with Crippen LogP contribution in [-0.4, -0.2) is 10.2 Å². The van der Waals surface area contributed by atoms with Crippen LogP contribution in [0, 0.1) is 5.92 Å². The Kier molecular flexibility index (Phi) is 4.58. The van der Waals surface area contributed by atoms with Gasteiger partial charge in [-0.2, -0.15) is 0 Å². The largest absolute Gasteiger partial charge is 0.507 e. The molecule has 0 radical (unpaired) electrons. The second-order valence-electron chi connectivity index (χ2n) is 6.11. The van der Waals surface area contributed by atoms with Gasteiger partial charge in [0, 0.05) is 16.3 Å². The molecule has 0 heterocycles. The van der Waals surface area contributed by atoms with Gasteiger partial charge in [0.1, 0.15) is 11.5 Å². The summed E-state index contributed by atoms with van der Waals surface area (Å²) >= 11 is 6.24. The number of rotatable bonds is 3.